The summed E-state index contributed by atoms with van der Waals surface area (Å²) in [6.45, 7) is 0. The van der Waals surface area contributed by atoms with Gasteiger partial charge in [0.25, 0.3) is 5.91 Å². The smallest absolute Gasteiger partial charge is 0.358 e. The van der Waals surface area contributed by atoms with Crippen LogP contribution in [0.2, 0.25) is 0 Å². The van der Waals surface area contributed by atoms with Crippen molar-refractivity contribution in [2.75, 3.05) is 12.4 Å². The Labute approximate surface area is 103 Å². The molecule has 92 valence electrons. The van der Waals surface area contributed by atoms with Crippen LogP contribution in [-0.4, -0.2) is 29.2 Å². The number of hydrogen-bond donors (Lipinski definition) is 2. The highest BCUT2D eigenvalue weighted by Crippen LogP contribution is 2.14. The van der Waals surface area contributed by atoms with Crippen LogP contribution in [0.15, 0.2) is 36.5 Å². The van der Waals surface area contributed by atoms with Crippen LogP contribution in [0.1, 0.15) is 20.8 Å². The lowest BCUT2D eigenvalue weighted by Crippen LogP contribution is -2.14. The van der Waals surface area contributed by atoms with E-state index in [0.29, 0.717) is 5.56 Å². The highest BCUT2D eigenvalue weighted by molar-refractivity contribution is 6.07. The van der Waals surface area contributed by atoms with Crippen LogP contribution in [0.4, 0.5) is 5.69 Å². The van der Waals surface area contributed by atoms with Gasteiger partial charge in [-0.25, -0.2) is 4.79 Å². The maximum absolute atomic E-state index is 11.9. The Hall–Kier alpha value is -2.63. The van der Waals surface area contributed by atoms with Crippen molar-refractivity contribution in [3.63, 3.8) is 0 Å². The second-order valence-electron chi connectivity index (χ2n) is 3.47. The van der Waals surface area contributed by atoms with E-state index in [9.17, 15) is 9.59 Å². The minimum atomic E-state index is -0.587. The number of ether oxygens (including phenoxy) is 1. The number of aromatic nitrogens is 2. The highest BCUT2D eigenvalue weighted by Gasteiger charge is 2.16. The van der Waals surface area contributed by atoms with Gasteiger partial charge in [0.15, 0.2) is 5.69 Å². The largest absolute Gasteiger partial charge is 0.464 e. The lowest BCUT2D eigenvalue weighted by atomic mass is 10.2. The zero-order chi connectivity index (χ0) is 13.0. The molecule has 6 heteroatoms. The molecule has 0 unspecified atom stereocenters. The van der Waals surface area contributed by atoms with Gasteiger partial charge in [0.05, 0.1) is 19.0 Å². The first-order chi connectivity index (χ1) is 8.72. The second kappa shape index (κ2) is 5.13. The fourth-order valence-corrected chi connectivity index (χ4v) is 1.42. The van der Waals surface area contributed by atoms with Crippen LogP contribution in [-0.2, 0) is 4.74 Å². The van der Waals surface area contributed by atoms with Gasteiger partial charge in [-0.05, 0) is 12.1 Å². The summed E-state index contributed by atoms with van der Waals surface area (Å²) in [5, 5.41) is 8.76. The molecule has 6 nitrogen and oxygen atoms in total. The number of H-pyrrole nitrogens is 1. The Kier molecular flexibility index (Phi) is 3.38. The number of esters is 1. The molecule has 0 radical (unpaired) electrons. The topological polar surface area (TPSA) is 84.1 Å². The zero-order valence-corrected chi connectivity index (χ0v) is 9.64. The van der Waals surface area contributed by atoms with Crippen molar-refractivity contribution in [1.82, 2.24) is 10.2 Å². The highest BCUT2D eigenvalue weighted by atomic mass is 16.5. The van der Waals surface area contributed by atoms with Gasteiger partial charge >= 0.3 is 5.97 Å². The number of anilines is 1. The second-order valence-corrected chi connectivity index (χ2v) is 3.47. The summed E-state index contributed by atoms with van der Waals surface area (Å²) in [7, 11) is 1.26. The van der Waals surface area contributed by atoms with Gasteiger partial charge in [0.1, 0.15) is 0 Å². The molecule has 2 N–H and O–H groups in total. The lowest BCUT2D eigenvalue weighted by molar-refractivity contribution is 0.0595. The zero-order valence-electron chi connectivity index (χ0n) is 9.64. The summed E-state index contributed by atoms with van der Waals surface area (Å²) < 4.78 is 4.56. The molecule has 18 heavy (non-hydrogen) atoms. The molecule has 0 aliphatic carbocycles. The molecule has 1 aromatic heterocycles. The Bertz CT molecular complexity index is 563. The molecule has 0 saturated carbocycles. The number of benzene rings is 1. The van der Waals surface area contributed by atoms with E-state index in [0.717, 1.165) is 0 Å². The van der Waals surface area contributed by atoms with E-state index in [4.69, 9.17) is 0 Å². The quantitative estimate of drug-likeness (QED) is 0.801. The molecule has 0 atom stereocenters. The predicted molar refractivity (Wildman–Crippen MR) is 64.3 cm³/mol. The lowest BCUT2D eigenvalue weighted by Gasteiger charge is -2.04. The third-order valence-corrected chi connectivity index (χ3v) is 2.31. The van der Waals surface area contributed by atoms with Gasteiger partial charge in [-0.15, -0.1) is 0 Å². The van der Waals surface area contributed by atoms with Crippen LogP contribution < -0.4 is 5.32 Å². The Balaban J connectivity index is 2.18. The number of hydrogen-bond acceptors (Lipinski definition) is 4. The number of rotatable bonds is 3. The van der Waals surface area contributed by atoms with Crippen molar-refractivity contribution in [1.29, 1.82) is 0 Å². The molecular weight excluding hydrogens is 234 g/mol. The fraction of sp³-hybridized carbons (Fsp3) is 0.0833. The van der Waals surface area contributed by atoms with Crippen molar-refractivity contribution in [2.24, 2.45) is 0 Å². The van der Waals surface area contributed by atoms with E-state index < -0.39 is 5.97 Å². The molecule has 0 aliphatic rings. The number of methoxy groups -OCH3 is 1. The molecule has 2 aromatic rings. The minimum absolute atomic E-state index is 0.113. The van der Waals surface area contributed by atoms with Crippen LogP contribution in [0.25, 0.3) is 0 Å². The fourth-order valence-electron chi connectivity index (χ4n) is 1.42. The number of amides is 1. The molecule has 0 fully saturated rings. The number of nitrogens with one attached hydrogen (secondary N) is 2. The van der Waals surface area contributed by atoms with Gasteiger partial charge in [-0.2, -0.15) is 5.10 Å². The van der Waals surface area contributed by atoms with Crippen molar-refractivity contribution in [2.45, 2.75) is 0 Å². The van der Waals surface area contributed by atoms with Crippen molar-refractivity contribution < 1.29 is 14.3 Å². The maximum atomic E-state index is 11.9. The van der Waals surface area contributed by atoms with Crippen molar-refractivity contribution in [3.05, 3.63) is 47.8 Å². The Morgan fingerprint density at radius 1 is 1.28 bits per heavy atom. The van der Waals surface area contributed by atoms with E-state index in [1.165, 1.54) is 13.3 Å². The van der Waals surface area contributed by atoms with E-state index >= 15 is 0 Å². The van der Waals surface area contributed by atoms with Gasteiger partial charge in [-0.3, -0.25) is 9.89 Å². The van der Waals surface area contributed by atoms with E-state index in [-0.39, 0.29) is 17.3 Å². The predicted octanol–water partition coefficient (Wildman–Crippen LogP) is 1.45. The Morgan fingerprint density at radius 3 is 2.67 bits per heavy atom. The number of aromatic amines is 1. The first-order valence-corrected chi connectivity index (χ1v) is 5.20. The molecule has 1 heterocycles. The van der Waals surface area contributed by atoms with Crippen LogP contribution >= 0.6 is 0 Å². The molecule has 0 spiro atoms. The summed E-state index contributed by atoms with van der Waals surface area (Å²) in [6, 6.07) is 8.67. The molecule has 0 aliphatic heterocycles. The van der Waals surface area contributed by atoms with Gasteiger partial charge in [0, 0.05) is 5.56 Å². The summed E-state index contributed by atoms with van der Waals surface area (Å²) in [5.41, 5.74) is 0.895. The summed E-state index contributed by atoms with van der Waals surface area (Å²) in [5.74, 6) is -0.905. The van der Waals surface area contributed by atoms with Gasteiger partial charge in [-0.1, -0.05) is 18.2 Å². The number of carbonyl (C=O) groups excluding carboxylic acids is 2. The normalized spacial score (nSPS) is 9.83. The van der Waals surface area contributed by atoms with Crippen LogP contribution in [0.5, 0.6) is 0 Å². The summed E-state index contributed by atoms with van der Waals surface area (Å²) >= 11 is 0. The SMILES string of the molecule is COC(=O)c1[nH]ncc1NC(=O)c1ccccc1. The van der Waals surface area contributed by atoms with Crippen molar-refractivity contribution >= 4 is 17.6 Å². The maximum Gasteiger partial charge on any atom is 0.358 e. The van der Waals surface area contributed by atoms with E-state index in [2.05, 4.69) is 20.3 Å². The first-order valence-electron chi connectivity index (χ1n) is 5.20. The Morgan fingerprint density at radius 2 is 2.00 bits per heavy atom. The van der Waals surface area contributed by atoms with Gasteiger partial charge < -0.3 is 10.1 Å². The molecule has 0 bridgehead atoms. The standard InChI is InChI=1S/C12H11N3O3/c1-18-12(17)10-9(7-13-15-10)14-11(16)8-5-3-2-4-6-8/h2-7H,1H3,(H,13,15)(H,14,16). The van der Waals surface area contributed by atoms with E-state index in [1.807, 2.05) is 6.07 Å². The number of carbonyl (C=O) groups is 2. The first kappa shape index (κ1) is 11.8. The average Bonchev–Trinajstić information content (AvgIpc) is 2.87. The summed E-state index contributed by atoms with van der Waals surface area (Å²) in [4.78, 5) is 23.2. The van der Waals surface area contributed by atoms with Crippen LogP contribution in [0, 0.1) is 0 Å². The average molecular weight is 245 g/mol. The monoisotopic (exact) mass is 245 g/mol. The molecular formula is C12H11N3O3. The van der Waals surface area contributed by atoms with Gasteiger partial charge in [0.2, 0.25) is 0 Å². The molecule has 0 saturated heterocycles. The van der Waals surface area contributed by atoms with Crippen LogP contribution in [0.3, 0.4) is 0 Å². The third kappa shape index (κ3) is 2.37. The molecule has 2 rings (SSSR count). The number of nitrogens with zero attached hydrogens (tertiary/aromatic N) is 1. The minimum Gasteiger partial charge on any atom is -0.464 e. The summed E-state index contributed by atoms with van der Waals surface area (Å²) in [6.07, 6.45) is 1.35. The third-order valence-electron chi connectivity index (χ3n) is 2.31. The van der Waals surface area contributed by atoms with Crippen molar-refractivity contribution in [3.8, 4) is 0 Å². The van der Waals surface area contributed by atoms with E-state index in [1.54, 1.807) is 24.3 Å². The molecule has 1 amide bonds. The molecule has 1 aromatic carbocycles.